The van der Waals surface area contributed by atoms with Crippen LogP contribution in [0.3, 0.4) is 0 Å². The molecule has 1 unspecified atom stereocenters. The van der Waals surface area contributed by atoms with E-state index in [1.54, 1.807) is 25.4 Å². The smallest absolute Gasteiger partial charge is 0.268 e. The van der Waals surface area contributed by atoms with Crippen LogP contribution in [0.25, 0.3) is 11.3 Å². The van der Waals surface area contributed by atoms with E-state index in [-0.39, 0.29) is 18.4 Å². The highest BCUT2D eigenvalue weighted by Gasteiger charge is 2.33. The van der Waals surface area contributed by atoms with E-state index >= 15 is 0 Å². The highest BCUT2D eigenvalue weighted by atomic mass is 32.1. The van der Waals surface area contributed by atoms with E-state index in [1.807, 2.05) is 30.5 Å². The first kappa shape index (κ1) is 22.3. The molecule has 1 aliphatic rings. The van der Waals surface area contributed by atoms with E-state index in [0.717, 1.165) is 34.1 Å². The third kappa shape index (κ3) is 4.79. The number of amides is 2. The lowest BCUT2D eigenvalue weighted by atomic mass is 10.1. The molecule has 0 saturated heterocycles. The van der Waals surface area contributed by atoms with E-state index in [2.05, 4.69) is 20.5 Å². The van der Waals surface area contributed by atoms with Crippen molar-refractivity contribution < 1.29 is 19.1 Å². The molecule has 0 bridgehead atoms. The number of anilines is 2. The van der Waals surface area contributed by atoms with Crippen LogP contribution in [0, 0.1) is 0 Å². The van der Waals surface area contributed by atoms with Crippen LogP contribution >= 0.6 is 22.7 Å². The second-order valence-corrected chi connectivity index (χ2v) is 9.14. The van der Waals surface area contributed by atoms with Gasteiger partial charge in [0.15, 0.2) is 6.10 Å². The first-order valence-electron chi connectivity index (χ1n) is 10.2. The van der Waals surface area contributed by atoms with E-state index in [9.17, 15) is 9.59 Å². The van der Waals surface area contributed by atoms with Crippen molar-refractivity contribution in [2.24, 2.45) is 0 Å². The first-order chi connectivity index (χ1) is 15.5. The van der Waals surface area contributed by atoms with E-state index in [1.165, 1.54) is 16.2 Å². The number of aromatic nitrogens is 3. The van der Waals surface area contributed by atoms with Crippen LogP contribution in [-0.4, -0.2) is 53.4 Å². The van der Waals surface area contributed by atoms with Gasteiger partial charge in [0, 0.05) is 24.5 Å². The van der Waals surface area contributed by atoms with Crippen LogP contribution in [0.1, 0.15) is 23.9 Å². The number of hydrogen-bond acceptors (Lipinski definition) is 9. The number of nitrogens with one attached hydrogen (secondary N) is 1. The van der Waals surface area contributed by atoms with E-state index < -0.39 is 6.10 Å². The van der Waals surface area contributed by atoms with Gasteiger partial charge in [0.1, 0.15) is 17.3 Å². The molecular formula is C21H23N5O4S2. The quantitative estimate of drug-likeness (QED) is 0.535. The zero-order chi connectivity index (χ0) is 22.7. The van der Waals surface area contributed by atoms with Crippen molar-refractivity contribution in [3.05, 3.63) is 33.6 Å². The summed E-state index contributed by atoms with van der Waals surface area (Å²) < 4.78 is 10.9. The van der Waals surface area contributed by atoms with Gasteiger partial charge in [-0.25, -0.2) is 4.98 Å². The van der Waals surface area contributed by atoms with Crippen LogP contribution in [0.5, 0.6) is 5.75 Å². The molecular weight excluding hydrogens is 450 g/mol. The standard InChI is InChI=1S/C21H23N5O4S2/c1-4-18-24-25-21(32-18)23-17(27)10-26-15-9-13(5-6-16(15)30-12(2)20(26)28)14-11-31-19(22-14)7-8-29-3/h5-6,9,11-12H,4,7-8,10H2,1-3H3,(H,23,25,27). The highest BCUT2D eigenvalue weighted by Crippen LogP contribution is 2.37. The zero-order valence-corrected chi connectivity index (χ0v) is 19.6. The van der Waals surface area contributed by atoms with Gasteiger partial charge in [-0.1, -0.05) is 18.3 Å². The molecule has 1 atom stereocenters. The van der Waals surface area contributed by atoms with Crippen molar-refractivity contribution in [1.29, 1.82) is 0 Å². The predicted molar refractivity (Wildman–Crippen MR) is 123 cm³/mol. The number of hydrogen-bond donors (Lipinski definition) is 1. The topological polar surface area (TPSA) is 107 Å². The van der Waals surface area contributed by atoms with Crippen LogP contribution in [-0.2, 0) is 27.2 Å². The summed E-state index contributed by atoms with van der Waals surface area (Å²) in [5.74, 6) is -0.0823. The Labute approximate surface area is 193 Å². The molecule has 1 aliphatic heterocycles. The fourth-order valence-electron chi connectivity index (χ4n) is 3.23. The Kier molecular flexibility index (Phi) is 6.77. The van der Waals surface area contributed by atoms with Gasteiger partial charge in [-0.15, -0.1) is 21.5 Å². The molecule has 0 radical (unpaired) electrons. The highest BCUT2D eigenvalue weighted by molar-refractivity contribution is 7.15. The monoisotopic (exact) mass is 473 g/mol. The predicted octanol–water partition coefficient (Wildman–Crippen LogP) is 3.17. The Morgan fingerprint density at radius 3 is 2.91 bits per heavy atom. The Hall–Kier alpha value is -2.89. The minimum Gasteiger partial charge on any atom is -0.479 e. The lowest BCUT2D eigenvalue weighted by Gasteiger charge is -2.32. The zero-order valence-electron chi connectivity index (χ0n) is 18.0. The molecule has 0 fully saturated rings. The summed E-state index contributed by atoms with van der Waals surface area (Å²) in [6, 6.07) is 5.55. The van der Waals surface area contributed by atoms with Crippen LogP contribution in [0.2, 0.25) is 0 Å². The molecule has 1 N–H and O–H groups in total. The number of fused-ring (bicyclic) bond motifs is 1. The summed E-state index contributed by atoms with van der Waals surface area (Å²) in [4.78, 5) is 31.6. The van der Waals surface area contributed by atoms with Gasteiger partial charge >= 0.3 is 0 Å². The summed E-state index contributed by atoms with van der Waals surface area (Å²) in [6.07, 6.45) is 0.796. The van der Waals surface area contributed by atoms with Gasteiger partial charge in [-0.3, -0.25) is 19.8 Å². The SMILES string of the molecule is CCc1nnc(NC(=O)CN2C(=O)C(C)Oc3ccc(-c4csc(CCOC)n4)cc32)s1. The maximum atomic E-state index is 12.9. The molecule has 2 aromatic heterocycles. The number of methoxy groups -OCH3 is 1. The number of nitrogens with zero attached hydrogens (tertiary/aromatic N) is 4. The van der Waals surface area contributed by atoms with Crippen LogP contribution in [0.4, 0.5) is 10.8 Å². The molecule has 9 nitrogen and oxygen atoms in total. The molecule has 3 heterocycles. The van der Waals surface area contributed by atoms with Gasteiger partial charge in [0.2, 0.25) is 11.0 Å². The maximum absolute atomic E-state index is 12.9. The van der Waals surface area contributed by atoms with Gasteiger partial charge in [-0.05, 0) is 31.5 Å². The van der Waals surface area contributed by atoms with E-state index in [4.69, 9.17) is 9.47 Å². The van der Waals surface area contributed by atoms with Gasteiger partial charge in [0.25, 0.3) is 5.91 Å². The molecule has 32 heavy (non-hydrogen) atoms. The summed E-state index contributed by atoms with van der Waals surface area (Å²) in [5, 5.41) is 14.9. The minimum atomic E-state index is -0.686. The summed E-state index contributed by atoms with van der Waals surface area (Å²) in [7, 11) is 1.66. The molecule has 2 amide bonds. The van der Waals surface area contributed by atoms with Crippen LogP contribution in [0.15, 0.2) is 23.6 Å². The van der Waals surface area contributed by atoms with Crippen LogP contribution < -0.4 is 15.0 Å². The van der Waals surface area contributed by atoms with E-state index in [0.29, 0.717) is 23.2 Å². The number of aryl methyl sites for hydroxylation is 1. The van der Waals surface area contributed by atoms with Gasteiger partial charge in [-0.2, -0.15) is 0 Å². The normalized spacial score (nSPS) is 15.4. The van der Waals surface area contributed by atoms with Crippen molar-refractivity contribution in [1.82, 2.24) is 15.2 Å². The average Bonchev–Trinajstić information content (AvgIpc) is 3.44. The van der Waals surface area contributed by atoms with Crippen molar-refractivity contribution >= 4 is 45.3 Å². The lowest BCUT2D eigenvalue weighted by molar-refractivity contribution is -0.127. The van der Waals surface area contributed by atoms with Crippen molar-refractivity contribution in [2.75, 3.05) is 30.5 Å². The molecule has 4 rings (SSSR count). The molecule has 3 aromatic rings. The maximum Gasteiger partial charge on any atom is 0.268 e. The molecule has 0 aliphatic carbocycles. The Morgan fingerprint density at radius 1 is 1.31 bits per heavy atom. The number of carbonyl (C=O) groups excluding carboxylic acids is 2. The summed E-state index contributed by atoms with van der Waals surface area (Å²) in [6.45, 7) is 4.09. The van der Waals surface area contributed by atoms with Gasteiger partial charge < -0.3 is 9.47 Å². The third-order valence-electron chi connectivity index (χ3n) is 4.85. The van der Waals surface area contributed by atoms with Crippen molar-refractivity contribution in [3.63, 3.8) is 0 Å². The summed E-state index contributed by atoms with van der Waals surface area (Å²) in [5.41, 5.74) is 2.19. The Balaban J connectivity index is 1.57. The van der Waals surface area contributed by atoms with Crippen molar-refractivity contribution in [3.8, 4) is 17.0 Å². The van der Waals surface area contributed by atoms with Crippen molar-refractivity contribution in [2.45, 2.75) is 32.8 Å². The molecule has 0 spiro atoms. The fraction of sp³-hybridized carbons (Fsp3) is 0.381. The number of thiazole rings is 1. The average molecular weight is 474 g/mol. The summed E-state index contributed by atoms with van der Waals surface area (Å²) >= 11 is 2.88. The number of rotatable bonds is 8. The third-order valence-corrected chi connectivity index (χ3v) is 6.74. The second kappa shape index (κ2) is 9.72. The molecule has 11 heteroatoms. The Bertz CT molecular complexity index is 1130. The second-order valence-electron chi connectivity index (χ2n) is 7.14. The molecule has 1 aromatic carbocycles. The minimum absolute atomic E-state index is 0.153. The number of ether oxygens (including phenoxy) is 2. The first-order valence-corrected chi connectivity index (χ1v) is 11.9. The number of carbonyl (C=O) groups is 2. The fourth-order valence-corrected chi connectivity index (χ4v) is 4.71. The molecule has 0 saturated carbocycles. The number of benzene rings is 1. The largest absolute Gasteiger partial charge is 0.479 e. The molecule has 168 valence electrons. The van der Waals surface area contributed by atoms with Gasteiger partial charge in [0.05, 0.1) is 23.0 Å². The Morgan fingerprint density at radius 2 is 2.16 bits per heavy atom. The lowest BCUT2D eigenvalue weighted by Crippen LogP contribution is -2.47.